The molecule has 2 aliphatic heterocycles. The Balaban J connectivity index is 1.27. The quantitative estimate of drug-likeness (QED) is 0.461. The zero-order valence-corrected chi connectivity index (χ0v) is 18.5. The van der Waals surface area contributed by atoms with E-state index in [1.54, 1.807) is 0 Å². The van der Waals surface area contributed by atoms with E-state index in [4.69, 9.17) is 4.99 Å². The number of hydrogen-bond donors (Lipinski definition) is 1. The van der Waals surface area contributed by atoms with Gasteiger partial charge in [0.05, 0.1) is 18.2 Å². The van der Waals surface area contributed by atoms with Gasteiger partial charge in [0.15, 0.2) is 0 Å². The van der Waals surface area contributed by atoms with Crippen LogP contribution in [0, 0.1) is 0 Å². The molecule has 1 unspecified atom stereocenters. The average molecular weight is 423 g/mol. The van der Waals surface area contributed by atoms with E-state index in [0.717, 1.165) is 30.2 Å². The van der Waals surface area contributed by atoms with Gasteiger partial charge in [-0.15, -0.1) is 0 Å². The first-order valence-electron chi connectivity index (χ1n) is 11.6. The minimum atomic E-state index is 0.0873. The highest BCUT2D eigenvalue weighted by molar-refractivity contribution is 5.93. The maximum Gasteiger partial charge on any atom is 0.0639 e. The molecule has 0 amide bonds. The van der Waals surface area contributed by atoms with Gasteiger partial charge in [0.25, 0.3) is 0 Å². The van der Waals surface area contributed by atoms with Crippen molar-refractivity contribution in [3.05, 3.63) is 89.5 Å². The van der Waals surface area contributed by atoms with Crippen LogP contribution in [0.1, 0.15) is 41.9 Å². The van der Waals surface area contributed by atoms with Crippen LogP contribution in [0.4, 0.5) is 17.1 Å². The Bertz CT molecular complexity index is 1080. The Morgan fingerprint density at radius 3 is 2.53 bits per heavy atom. The van der Waals surface area contributed by atoms with Gasteiger partial charge < -0.3 is 5.32 Å². The second kappa shape index (κ2) is 9.92. The summed E-state index contributed by atoms with van der Waals surface area (Å²) in [6.45, 7) is 4.23. The molecule has 2 heterocycles. The molecule has 0 aliphatic carbocycles. The second-order valence-electron chi connectivity index (χ2n) is 8.70. The zero-order chi connectivity index (χ0) is 21.6. The minimum absolute atomic E-state index is 0.0873. The van der Waals surface area contributed by atoms with Gasteiger partial charge in [0.2, 0.25) is 0 Å². The Kier molecular flexibility index (Phi) is 6.40. The first-order valence-corrected chi connectivity index (χ1v) is 11.6. The van der Waals surface area contributed by atoms with Crippen molar-refractivity contribution < 1.29 is 0 Å². The molecule has 0 spiro atoms. The molecule has 3 aromatic carbocycles. The topological polar surface area (TPSA) is 40.0 Å². The van der Waals surface area contributed by atoms with E-state index in [0.29, 0.717) is 0 Å². The molecule has 1 atom stereocenters. The summed E-state index contributed by atoms with van der Waals surface area (Å²) < 4.78 is 0. The van der Waals surface area contributed by atoms with Gasteiger partial charge in [-0.25, -0.2) is 0 Å². The number of fused-ring (bicyclic) bond motifs is 1. The number of likely N-dealkylation sites (tertiary alicyclic amines) is 1. The molecule has 162 valence electrons. The van der Waals surface area contributed by atoms with Crippen molar-refractivity contribution in [2.24, 2.45) is 9.98 Å². The van der Waals surface area contributed by atoms with Crippen LogP contribution in [0.2, 0.25) is 0 Å². The molecule has 5 rings (SSSR count). The molecule has 1 N–H and O–H groups in total. The number of aliphatic imine (C=N–C) groups is 2. The number of hydrogen-bond acceptors (Lipinski definition) is 4. The summed E-state index contributed by atoms with van der Waals surface area (Å²) in [5, 5.41) is 3.50. The van der Waals surface area contributed by atoms with Crippen LogP contribution >= 0.6 is 0 Å². The lowest BCUT2D eigenvalue weighted by Crippen LogP contribution is -2.28. The molecule has 4 nitrogen and oxygen atoms in total. The van der Waals surface area contributed by atoms with Crippen molar-refractivity contribution in [2.75, 3.05) is 18.4 Å². The molecule has 0 saturated carbocycles. The van der Waals surface area contributed by atoms with Crippen molar-refractivity contribution in [3.8, 4) is 0 Å². The molecule has 3 aromatic rings. The maximum atomic E-state index is 4.78. The van der Waals surface area contributed by atoms with Crippen LogP contribution in [-0.4, -0.2) is 30.4 Å². The summed E-state index contributed by atoms with van der Waals surface area (Å²) in [6.07, 6.45) is 8.07. The van der Waals surface area contributed by atoms with Gasteiger partial charge in [-0.1, -0.05) is 42.8 Å². The monoisotopic (exact) mass is 422 g/mol. The smallest absolute Gasteiger partial charge is 0.0639 e. The summed E-state index contributed by atoms with van der Waals surface area (Å²) in [4.78, 5) is 11.9. The normalized spacial score (nSPS) is 18.6. The van der Waals surface area contributed by atoms with E-state index in [-0.39, 0.29) is 5.92 Å². The van der Waals surface area contributed by atoms with Crippen LogP contribution in [0.5, 0.6) is 0 Å². The van der Waals surface area contributed by atoms with Gasteiger partial charge in [-0.3, -0.25) is 14.9 Å². The van der Waals surface area contributed by atoms with Crippen molar-refractivity contribution in [1.29, 1.82) is 0 Å². The molecule has 1 fully saturated rings. The third-order valence-corrected chi connectivity index (χ3v) is 6.27. The van der Waals surface area contributed by atoms with Crippen LogP contribution in [0.25, 0.3) is 0 Å². The lowest BCUT2D eigenvalue weighted by molar-refractivity contribution is 0.221. The van der Waals surface area contributed by atoms with E-state index in [1.165, 1.54) is 49.0 Å². The number of rotatable bonds is 6. The number of nitrogens with zero attached hydrogens (tertiary/aromatic N) is 3. The minimum Gasteiger partial charge on any atom is -0.356 e. The number of piperidine rings is 1. The van der Waals surface area contributed by atoms with Crippen LogP contribution in [0.15, 0.2) is 82.8 Å². The van der Waals surface area contributed by atoms with Crippen molar-refractivity contribution >= 4 is 29.5 Å². The van der Waals surface area contributed by atoms with Crippen LogP contribution < -0.4 is 5.32 Å². The van der Waals surface area contributed by atoms with E-state index >= 15 is 0 Å². The molecular formula is C28H30N4. The van der Waals surface area contributed by atoms with Crippen molar-refractivity contribution in [2.45, 2.75) is 38.3 Å². The Morgan fingerprint density at radius 1 is 0.906 bits per heavy atom. The standard InChI is InChI=1S/C28H30N4/c1-3-7-26(8-4-1)31-27-14-11-23-18-29-19-24(28(23)17-27)20-30-25-12-9-22(10-13-25)21-32-15-5-2-6-16-32/h1,3-4,7-14,17,19-20,24,31H,2,5-6,15-16,18,21H2. The average Bonchev–Trinajstić information content (AvgIpc) is 2.85. The number of nitrogens with one attached hydrogen (secondary N) is 1. The first kappa shape index (κ1) is 20.7. The molecule has 2 aliphatic rings. The maximum absolute atomic E-state index is 4.78. The fourth-order valence-electron chi connectivity index (χ4n) is 4.51. The summed E-state index contributed by atoms with van der Waals surface area (Å²) >= 11 is 0. The van der Waals surface area contributed by atoms with Crippen LogP contribution in [-0.2, 0) is 13.1 Å². The van der Waals surface area contributed by atoms with Gasteiger partial charge in [-0.05, 0) is 79.0 Å². The molecule has 0 radical (unpaired) electrons. The zero-order valence-electron chi connectivity index (χ0n) is 18.5. The molecule has 32 heavy (non-hydrogen) atoms. The number of anilines is 2. The van der Waals surface area contributed by atoms with Gasteiger partial charge in [0, 0.05) is 30.3 Å². The predicted molar refractivity (Wildman–Crippen MR) is 135 cm³/mol. The van der Waals surface area contributed by atoms with E-state index in [1.807, 2.05) is 30.6 Å². The number of para-hydroxylation sites is 1. The summed E-state index contributed by atoms with van der Waals surface area (Å²) in [5.41, 5.74) is 7.07. The number of benzene rings is 3. The lowest BCUT2D eigenvalue weighted by atomic mass is 9.93. The fraction of sp³-hybridized carbons (Fsp3) is 0.286. The highest BCUT2D eigenvalue weighted by Crippen LogP contribution is 2.28. The second-order valence-corrected chi connectivity index (χ2v) is 8.70. The molecular weight excluding hydrogens is 392 g/mol. The lowest BCUT2D eigenvalue weighted by Gasteiger charge is -2.26. The SMILES string of the molecule is C1=NCc2ccc(Nc3ccccc3)cc2C1C=Nc1ccc(CN2CCCCC2)cc1. The Labute approximate surface area is 190 Å². The summed E-state index contributed by atoms with van der Waals surface area (Å²) in [5.74, 6) is 0.0873. The largest absolute Gasteiger partial charge is 0.356 e. The van der Waals surface area contributed by atoms with Crippen LogP contribution in [0.3, 0.4) is 0 Å². The summed E-state index contributed by atoms with van der Waals surface area (Å²) in [7, 11) is 0. The van der Waals surface area contributed by atoms with E-state index in [9.17, 15) is 0 Å². The third kappa shape index (κ3) is 5.14. The van der Waals surface area contributed by atoms with Crippen molar-refractivity contribution in [1.82, 2.24) is 4.90 Å². The predicted octanol–water partition coefficient (Wildman–Crippen LogP) is 6.49. The van der Waals surface area contributed by atoms with Crippen molar-refractivity contribution in [3.63, 3.8) is 0 Å². The molecule has 4 heteroatoms. The van der Waals surface area contributed by atoms with Gasteiger partial charge >= 0.3 is 0 Å². The third-order valence-electron chi connectivity index (χ3n) is 6.27. The van der Waals surface area contributed by atoms with E-state index < -0.39 is 0 Å². The first-order chi connectivity index (χ1) is 15.8. The van der Waals surface area contributed by atoms with Gasteiger partial charge in [-0.2, -0.15) is 0 Å². The molecule has 0 bridgehead atoms. The summed E-state index contributed by atoms with van der Waals surface area (Å²) in [6, 6.07) is 25.5. The van der Waals surface area contributed by atoms with E-state index in [2.05, 4.69) is 69.8 Å². The van der Waals surface area contributed by atoms with Gasteiger partial charge in [0.1, 0.15) is 0 Å². The highest BCUT2D eigenvalue weighted by Gasteiger charge is 2.16. The Hall–Kier alpha value is -3.24. The molecule has 1 saturated heterocycles. The Morgan fingerprint density at radius 2 is 1.72 bits per heavy atom. The highest BCUT2D eigenvalue weighted by atomic mass is 15.1. The fourth-order valence-corrected chi connectivity index (χ4v) is 4.51. The molecule has 0 aromatic heterocycles.